The Morgan fingerprint density at radius 2 is 2.19 bits per heavy atom. The van der Waals surface area contributed by atoms with Crippen LogP contribution in [0.25, 0.3) is 0 Å². The van der Waals surface area contributed by atoms with Crippen LogP contribution in [0.5, 0.6) is 11.5 Å². The first kappa shape index (κ1) is 11.4. The van der Waals surface area contributed by atoms with Gasteiger partial charge in [0.2, 0.25) is 0 Å². The summed E-state index contributed by atoms with van der Waals surface area (Å²) in [5.41, 5.74) is 0.944. The first-order valence-electron chi connectivity index (χ1n) is 4.72. The Morgan fingerprint density at radius 1 is 1.31 bits per heavy atom. The van der Waals surface area contributed by atoms with E-state index in [2.05, 4.69) is 20.9 Å². The van der Waals surface area contributed by atoms with Crippen molar-refractivity contribution >= 4 is 27.5 Å². The number of halogens is 2. The molecule has 0 N–H and O–H groups in total. The number of rotatable bonds is 3. The smallest absolute Gasteiger partial charge is 0.145 e. The van der Waals surface area contributed by atoms with Gasteiger partial charge in [0.1, 0.15) is 11.5 Å². The van der Waals surface area contributed by atoms with Gasteiger partial charge in [0, 0.05) is 16.2 Å². The zero-order valence-corrected chi connectivity index (χ0v) is 10.7. The number of alkyl halides is 1. The first-order chi connectivity index (χ1) is 7.79. The van der Waals surface area contributed by atoms with Crippen molar-refractivity contribution in [2.45, 2.75) is 5.88 Å². The molecule has 16 heavy (non-hydrogen) atoms. The highest BCUT2D eigenvalue weighted by Gasteiger charge is 2.04. The predicted molar refractivity (Wildman–Crippen MR) is 68.0 cm³/mol. The van der Waals surface area contributed by atoms with Crippen LogP contribution in [-0.4, -0.2) is 4.98 Å². The molecule has 0 bridgehead atoms. The van der Waals surface area contributed by atoms with Crippen LogP contribution in [0.3, 0.4) is 0 Å². The summed E-state index contributed by atoms with van der Waals surface area (Å²) in [5.74, 6) is 1.87. The molecule has 0 unspecified atom stereocenters. The van der Waals surface area contributed by atoms with Crippen molar-refractivity contribution < 1.29 is 4.74 Å². The Labute approximate surface area is 107 Å². The largest absolute Gasteiger partial charge is 0.455 e. The Hall–Kier alpha value is -1.06. The van der Waals surface area contributed by atoms with Crippen LogP contribution in [0.2, 0.25) is 0 Å². The van der Waals surface area contributed by atoms with E-state index >= 15 is 0 Å². The number of pyridine rings is 1. The van der Waals surface area contributed by atoms with E-state index in [0.29, 0.717) is 11.6 Å². The third kappa shape index (κ3) is 2.74. The van der Waals surface area contributed by atoms with Crippen LogP contribution in [0.4, 0.5) is 0 Å². The zero-order chi connectivity index (χ0) is 11.4. The molecule has 4 heteroatoms. The summed E-state index contributed by atoms with van der Waals surface area (Å²) in [5, 5.41) is 0. The van der Waals surface area contributed by atoms with Gasteiger partial charge in [0.15, 0.2) is 0 Å². The van der Waals surface area contributed by atoms with Crippen molar-refractivity contribution in [2.24, 2.45) is 0 Å². The van der Waals surface area contributed by atoms with Gasteiger partial charge in [-0.15, -0.1) is 11.6 Å². The summed E-state index contributed by atoms with van der Waals surface area (Å²) in [6.45, 7) is 0. The summed E-state index contributed by atoms with van der Waals surface area (Å²) in [6.07, 6.45) is 3.37. The van der Waals surface area contributed by atoms with Gasteiger partial charge in [-0.25, -0.2) is 0 Å². The van der Waals surface area contributed by atoms with Gasteiger partial charge in [0.25, 0.3) is 0 Å². The van der Waals surface area contributed by atoms with Crippen molar-refractivity contribution in [3.63, 3.8) is 0 Å². The van der Waals surface area contributed by atoms with Crippen molar-refractivity contribution in [3.05, 3.63) is 52.8 Å². The van der Waals surface area contributed by atoms with Gasteiger partial charge in [-0.3, -0.25) is 4.98 Å². The normalized spacial score (nSPS) is 10.1. The maximum Gasteiger partial charge on any atom is 0.145 e. The Morgan fingerprint density at radius 3 is 2.88 bits per heavy atom. The van der Waals surface area contributed by atoms with E-state index in [4.69, 9.17) is 16.3 Å². The van der Waals surface area contributed by atoms with Gasteiger partial charge in [-0.1, -0.05) is 15.9 Å². The van der Waals surface area contributed by atoms with E-state index in [1.807, 2.05) is 30.3 Å². The molecule has 2 aromatic rings. The second kappa shape index (κ2) is 5.32. The van der Waals surface area contributed by atoms with Gasteiger partial charge < -0.3 is 4.74 Å². The average Bonchev–Trinajstić information content (AvgIpc) is 2.33. The second-order valence-corrected chi connectivity index (χ2v) is 4.36. The van der Waals surface area contributed by atoms with E-state index in [0.717, 1.165) is 15.8 Å². The fourth-order valence-electron chi connectivity index (χ4n) is 1.29. The van der Waals surface area contributed by atoms with Gasteiger partial charge in [-0.05, 0) is 30.3 Å². The Bertz CT molecular complexity index is 476. The molecule has 2 rings (SSSR count). The maximum absolute atomic E-state index is 5.85. The molecular formula is C12H9BrClNO. The number of aromatic nitrogens is 1. The highest BCUT2D eigenvalue weighted by Crippen LogP contribution is 2.28. The van der Waals surface area contributed by atoms with Gasteiger partial charge in [0.05, 0.1) is 12.1 Å². The summed E-state index contributed by atoms with van der Waals surface area (Å²) in [7, 11) is 0. The van der Waals surface area contributed by atoms with E-state index in [-0.39, 0.29) is 0 Å². The molecular weight excluding hydrogens is 289 g/mol. The van der Waals surface area contributed by atoms with Crippen LogP contribution in [0, 0.1) is 0 Å². The monoisotopic (exact) mass is 297 g/mol. The lowest BCUT2D eigenvalue weighted by molar-refractivity contribution is 0.476. The van der Waals surface area contributed by atoms with Crippen molar-refractivity contribution in [1.29, 1.82) is 0 Å². The minimum Gasteiger partial charge on any atom is -0.455 e. The molecule has 1 aromatic heterocycles. The molecule has 0 saturated carbocycles. The Kier molecular flexibility index (Phi) is 3.80. The number of ether oxygens (including phenoxy) is 1. The third-order valence-electron chi connectivity index (χ3n) is 2.03. The van der Waals surface area contributed by atoms with Crippen molar-refractivity contribution in [3.8, 4) is 11.5 Å². The number of benzene rings is 1. The lowest BCUT2D eigenvalue weighted by Gasteiger charge is -2.09. The molecule has 1 heterocycles. The van der Waals surface area contributed by atoms with Crippen LogP contribution < -0.4 is 4.74 Å². The third-order valence-corrected chi connectivity index (χ3v) is 2.81. The summed E-state index contributed by atoms with van der Waals surface area (Å²) in [6, 6.07) is 9.43. The van der Waals surface area contributed by atoms with Crippen LogP contribution in [0.1, 0.15) is 5.56 Å². The molecule has 0 aliphatic heterocycles. The van der Waals surface area contributed by atoms with Gasteiger partial charge >= 0.3 is 0 Å². The minimum atomic E-state index is 0.412. The highest BCUT2D eigenvalue weighted by molar-refractivity contribution is 9.10. The molecule has 0 saturated heterocycles. The summed E-state index contributed by atoms with van der Waals surface area (Å²) < 4.78 is 6.68. The van der Waals surface area contributed by atoms with Crippen molar-refractivity contribution in [2.75, 3.05) is 0 Å². The molecule has 0 aliphatic carbocycles. The van der Waals surface area contributed by atoms with Crippen LogP contribution >= 0.6 is 27.5 Å². The predicted octanol–water partition coefficient (Wildman–Crippen LogP) is 4.38. The summed E-state index contributed by atoms with van der Waals surface area (Å²) >= 11 is 9.25. The fourth-order valence-corrected chi connectivity index (χ4v) is 1.90. The minimum absolute atomic E-state index is 0.412. The van der Waals surface area contributed by atoms with E-state index in [9.17, 15) is 0 Å². The second-order valence-electron chi connectivity index (χ2n) is 3.18. The molecule has 0 atom stereocenters. The number of hydrogen-bond donors (Lipinski definition) is 0. The standard InChI is InChI=1S/C12H9BrClNO/c13-10-3-4-12(9(6-10)7-14)16-11-2-1-5-15-8-11/h1-6,8H,7H2. The van der Waals surface area contributed by atoms with E-state index in [1.54, 1.807) is 12.4 Å². The molecule has 0 radical (unpaired) electrons. The van der Waals surface area contributed by atoms with E-state index < -0.39 is 0 Å². The fraction of sp³-hybridized carbons (Fsp3) is 0.0833. The lowest BCUT2D eigenvalue weighted by atomic mass is 10.2. The molecule has 82 valence electrons. The van der Waals surface area contributed by atoms with Gasteiger partial charge in [-0.2, -0.15) is 0 Å². The first-order valence-corrected chi connectivity index (χ1v) is 6.04. The zero-order valence-electron chi connectivity index (χ0n) is 8.36. The molecule has 0 amide bonds. The van der Waals surface area contributed by atoms with Crippen LogP contribution in [-0.2, 0) is 5.88 Å². The van der Waals surface area contributed by atoms with Crippen molar-refractivity contribution in [1.82, 2.24) is 4.98 Å². The summed E-state index contributed by atoms with van der Waals surface area (Å²) in [4.78, 5) is 3.99. The van der Waals surface area contributed by atoms with E-state index in [1.165, 1.54) is 0 Å². The molecule has 2 nitrogen and oxygen atoms in total. The molecule has 0 aliphatic rings. The molecule has 0 fully saturated rings. The Balaban J connectivity index is 2.28. The highest BCUT2D eigenvalue weighted by atomic mass is 79.9. The molecule has 1 aromatic carbocycles. The lowest BCUT2D eigenvalue weighted by Crippen LogP contribution is -1.89. The number of hydrogen-bond acceptors (Lipinski definition) is 2. The van der Waals surface area contributed by atoms with Crippen LogP contribution in [0.15, 0.2) is 47.2 Å². The average molecular weight is 299 g/mol. The quantitative estimate of drug-likeness (QED) is 0.785. The maximum atomic E-state index is 5.85. The SMILES string of the molecule is ClCc1cc(Br)ccc1Oc1cccnc1. The number of nitrogens with zero attached hydrogens (tertiary/aromatic N) is 1. The topological polar surface area (TPSA) is 22.1 Å². The molecule has 0 spiro atoms.